The number of carbonyl (C=O) groups is 3. The molecule has 132 valence electrons. The van der Waals surface area contributed by atoms with Crippen LogP contribution in [0.5, 0.6) is 5.75 Å². The number of benzene rings is 2. The number of nitrogens with zero attached hydrogens (tertiary/aromatic N) is 2. The predicted octanol–water partition coefficient (Wildman–Crippen LogP) is 1.95. The minimum atomic E-state index is -0.983. The van der Waals surface area contributed by atoms with E-state index in [0.717, 1.165) is 6.07 Å². The molecule has 10 heteroatoms. The van der Waals surface area contributed by atoms with Gasteiger partial charge in [0.2, 0.25) is 0 Å². The average molecular weight is 376 g/mol. The number of nitro benzene ring substituents is 1. The second kappa shape index (κ2) is 6.81. The van der Waals surface area contributed by atoms with E-state index < -0.39 is 34.9 Å². The van der Waals surface area contributed by atoms with Gasteiger partial charge in [0, 0.05) is 6.07 Å². The van der Waals surface area contributed by atoms with Gasteiger partial charge in [0.15, 0.2) is 6.61 Å². The Balaban J connectivity index is 1.73. The van der Waals surface area contributed by atoms with E-state index in [1.165, 1.54) is 12.1 Å². The van der Waals surface area contributed by atoms with Crippen molar-refractivity contribution in [3.05, 3.63) is 68.7 Å². The molecule has 26 heavy (non-hydrogen) atoms. The second-order valence-corrected chi connectivity index (χ2v) is 5.56. The molecule has 0 spiro atoms. The van der Waals surface area contributed by atoms with Gasteiger partial charge < -0.3 is 4.74 Å². The fourth-order valence-electron chi connectivity index (χ4n) is 2.38. The molecule has 0 saturated heterocycles. The summed E-state index contributed by atoms with van der Waals surface area (Å²) in [5.41, 5.74) is 1.05. The highest BCUT2D eigenvalue weighted by Gasteiger charge is 2.42. The van der Waals surface area contributed by atoms with Crippen molar-refractivity contribution in [1.29, 1.82) is 0 Å². The first-order valence-electron chi connectivity index (χ1n) is 7.23. The van der Waals surface area contributed by atoms with Crippen LogP contribution in [0.4, 0.5) is 5.69 Å². The van der Waals surface area contributed by atoms with E-state index in [-0.39, 0.29) is 21.9 Å². The summed E-state index contributed by atoms with van der Waals surface area (Å²) in [6.45, 7) is -0.515. The maximum atomic E-state index is 12.3. The first kappa shape index (κ1) is 17.4. The molecule has 0 fully saturated rings. The minimum absolute atomic E-state index is 0.156. The number of para-hydroxylation sites is 1. The quantitative estimate of drug-likeness (QED) is 0.484. The van der Waals surface area contributed by atoms with Crippen LogP contribution in [0, 0.1) is 10.1 Å². The summed E-state index contributed by atoms with van der Waals surface area (Å²) in [5.74, 6) is -2.40. The molecule has 0 atom stereocenters. The van der Waals surface area contributed by atoms with E-state index in [1.54, 1.807) is 24.3 Å². The van der Waals surface area contributed by atoms with Gasteiger partial charge >= 0.3 is 0 Å². The number of imide groups is 1. The fraction of sp³-hybridized carbons (Fsp3) is 0.0625. The van der Waals surface area contributed by atoms with Crippen molar-refractivity contribution in [2.24, 2.45) is 0 Å². The predicted molar refractivity (Wildman–Crippen MR) is 88.7 cm³/mol. The van der Waals surface area contributed by atoms with Crippen LogP contribution in [0.1, 0.15) is 20.7 Å². The summed E-state index contributed by atoms with van der Waals surface area (Å²) < 4.78 is 5.22. The Labute approximate surface area is 151 Å². The van der Waals surface area contributed by atoms with E-state index >= 15 is 0 Å². The SMILES string of the molecule is O=C(COc1ccccc1Cl)NN1C(=O)c2cccc([N+](=O)[O-])c2C1=O. The van der Waals surface area contributed by atoms with Crippen LogP contribution >= 0.6 is 11.6 Å². The Hall–Kier alpha value is -3.46. The number of hydrogen-bond donors (Lipinski definition) is 1. The number of hydrogen-bond acceptors (Lipinski definition) is 6. The Bertz CT molecular complexity index is 945. The van der Waals surface area contributed by atoms with Gasteiger partial charge in [-0.05, 0) is 18.2 Å². The molecule has 9 nitrogen and oxygen atoms in total. The number of amides is 3. The maximum Gasteiger partial charge on any atom is 0.287 e. The first-order valence-corrected chi connectivity index (χ1v) is 7.61. The standard InChI is InChI=1S/C16H10ClN3O6/c17-10-5-1-2-7-12(10)26-8-13(21)18-19-15(22)9-4-3-6-11(20(24)25)14(9)16(19)23/h1-7H,8H2,(H,18,21). The first-order chi connectivity index (χ1) is 12.4. The molecular formula is C16H10ClN3O6. The Morgan fingerprint density at radius 2 is 1.88 bits per heavy atom. The van der Waals surface area contributed by atoms with Crippen molar-refractivity contribution in [2.75, 3.05) is 6.61 Å². The summed E-state index contributed by atoms with van der Waals surface area (Å²) in [5, 5.41) is 11.8. The summed E-state index contributed by atoms with van der Waals surface area (Å²) in [4.78, 5) is 46.8. The molecule has 2 aromatic carbocycles. The van der Waals surface area contributed by atoms with Gasteiger partial charge in [-0.2, -0.15) is 5.01 Å². The van der Waals surface area contributed by atoms with Gasteiger partial charge in [-0.1, -0.05) is 29.8 Å². The van der Waals surface area contributed by atoms with Crippen LogP contribution < -0.4 is 10.2 Å². The zero-order chi connectivity index (χ0) is 18.8. The number of ether oxygens (including phenoxy) is 1. The zero-order valence-corrected chi connectivity index (χ0v) is 13.7. The van der Waals surface area contributed by atoms with Gasteiger partial charge in [0.05, 0.1) is 15.5 Å². The summed E-state index contributed by atoms with van der Waals surface area (Å²) in [6, 6.07) is 10.1. The lowest BCUT2D eigenvalue weighted by Gasteiger charge is -2.15. The van der Waals surface area contributed by atoms with Crippen LogP contribution in [0.15, 0.2) is 42.5 Å². The van der Waals surface area contributed by atoms with E-state index in [2.05, 4.69) is 5.43 Å². The van der Waals surface area contributed by atoms with Crippen molar-refractivity contribution in [1.82, 2.24) is 10.4 Å². The molecule has 0 aliphatic carbocycles. The number of fused-ring (bicyclic) bond motifs is 1. The number of halogens is 1. The number of rotatable bonds is 5. The van der Waals surface area contributed by atoms with Crippen LogP contribution in [0.25, 0.3) is 0 Å². The average Bonchev–Trinajstić information content (AvgIpc) is 2.86. The normalized spacial score (nSPS) is 12.7. The van der Waals surface area contributed by atoms with Crippen LogP contribution in [-0.2, 0) is 4.79 Å². The van der Waals surface area contributed by atoms with E-state index in [4.69, 9.17) is 16.3 Å². The summed E-state index contributed by atoms with van der Waals surface area (Å²) in [6.07, 6.45) is 0. The van der Waals surface area contributed by atoms with Crippen molar-refractivity contribution in [3.63, 3.8) is 0 Å². The summed E-state index contributed by atoms with van der Waals surface area (Å²) in [7, 11) is 0. The molecular weight excluding hydrogens is 366 g/mol. The van der Waals surface area contributed by atoms with Crippen molar-refractivity contribution >= 4 is 35.0 Å². The third-order valence-electron chi connectivity index (χ3n) is 3.52. The number of nitro groups is 1. The molecule has 0 unspecified atom stereocenters. The molecule has 0 saturated carbocycles. The number of nitrogens with one attached hydrogen (secondary N) is 1. The van der Waals surface area contributed by atoms with E-state index in [9.17, 15) is 24.5 Å². The van der Waals surface area contributed by atoms with Crippen molar-refractivity contribution in [3.8, 4) is 5.75 Å². The van der Waals surface area contributed by atoms with E-state index in [0.29, 0.717) is 5.01 Å². The van der Waals surface area contributed by atoms with Gasteiger partial charge in [0.25, 0.3) is 23.4 Å². The van der Waals surface area contributed by atoms with Gasteiger partial charge in [-0.25, -0.2) is 0 Å². The molecule has 3 amide bonds. The summed E-state index contributed by atoms with van der Waals surface area (Å²) >= 11 is 5.89. The van der Waals surface area contributed by atoms with Crippen LogP contribution in [-0.4, -0.2) is 34.3 Å². The Morgan fingerprint density at radius 1 is 1.15 bits per heavy atom. The molecule has 1 heterocycles. The highest BCUT2D eigenvalue weighted by molar-refractivity contribution is 6.32. The van der Waals surface area contributed by atoms with Crippen LogP contribution in [0.2, 0.25) is 5.02 Å². The Morgan fingerprint density at radius 3 is 2.58 bits per heavy atom. The maximum absolute atomic E-state index is 12.3. The largest absolute Gasteiger partial charge is 0.482 e. The number of hydrazine groups is 1. The third-order valence-corrected chi connectivity index (χ3v) is 3.83. The molecule has 0 radical (unpaired) electrons. The minimum Gasteiger partial charge on any atom is -0.482 e. The topological polar surface area (TPSA) is 119 Å². The molecule has 0 aromatic heterocycles. The molecule has 1 aliphatic heterocycles. The third kappa shape index (κ3) is 3.07. The number of carbonyl (C=O) groups excluding carboxylic acids is 3. The van der Waals surface area contributed by atoms with Crippen molar-refractivity contribution in [2.45, 2.75) is 0 Å². The van der Waals surface area contributed by atoms with Gasteiger partial charge in [0.1, 0.15) is 11.3 Å². The molecule has 2 aromatic rings. The van der Waals surface area contributed by atoms with Crippen LogP contribution in [0.3, 0.4) is 0 Å². The highest BCUT2D eigenvalue weighted by Crippen LogP contribution is 2.29. The molecule has 3 rings (SSSR count). The Kier molecular flexibility index (Phi) is 4.55. The molecule has 1 aliphatic rings. The zero-order valence-electron chi connectivity index (χ0n) is 13.0. The van der Waals surface area contributed by atoms with E-state index in [1.807, 2.05) is 0 Å². The smallest absolute Gasteiger partial charge is 0.287 e. The monoisotopic (exact) mass is 375 g/mol. The second-order valence-electron chi connectivity index (χ2n) is 5.16. The lowest BCUT2D eigenvalue weighted by atomic mass is 10.1. The highest BCUT2D eigenvalue weighted by atomic mass is 35.5. The van der Waals surface area contributed by atoms with Crippen molar-refractivity contribution < 1.29 is 24.0 Å². The molecule has 1 N–H and O–H groups in total. The lowest BCUT2D eigenvalue weighted by Crippen LogP contribution is -2.47. The molecule has 0 bridgehead atoms. The van der Waals surface area contributed by atoms with Gasteiger partial charge in [-0.3, -0.25) is 29.9 Å². The fourth-order valence-corrected chi connectivity index (χ4v) is 2.57. The van der Waals surface area contributed by atoms with Gasteiger partial charge in [-0.15, -0.1) is 0 Å². The lowest BCUT2D eigenvalue weighted by molar-refractivity contribution is -0.385.